The van der Waals surface area contributed by atoms with Crippen molar-refractivity contribution in [2.24, 2.45) is 0 Å². The predicted molar refractivity (Wildman–Crippen MR) is 33.9 cm³/mol. The highest BCUT2D eigenvalue weighted by Crippen LogP contribution is 2.17. The molecule has 1 heterocycles. The number of rotatable bonds is 1. The standard InChI is InChI=1S/C5H9FO3S/c6-4-5-2-1-3-9-10(5,7)8/h5H,1-4H2. The van der Waals surface area contributed by atoms with Crippen LogP contribution in [0.1, 0.15) is 12.8 Å². The maximum absolute atomic E-state index is 11.9. The molecule has 0 radical (unpaired) electrons. The van der Waals surface area contributed by atoms with Gasteiger partial charge in [-0.05, 0) is 12.8 Å². The summed E-state index contributed by atoms with van der Waals surface area (Å²) in [4.78, 5) is 0. The summed E-state index contributed by atoms with van der Waals surface area (Å²) >= 11 is 0. The van der Waals surface area contributed by atoms with E-state index in [1.54, 1.807) is 0 Å². The molecule has 1 saturated heterocycles. The van der Waals surface area contributed by atoms with Gasteiger partial charge in [-0.1, -0.05) is 0 Å². The summed E-state index contributed by atoms with van der Waals surface area (Å²) in [6.45, 7) is -0.624. The Bertz CT molecular complexity index is 199. The van der Waals surface area contributed by atoms with Gasteiger partial charge in [0.05, 0.1) is 6.61 Å². The maximum Gasteiger partial charge on any atom is 0.272 e. The van der Waals surface area contributed by atoms with Crippen molar-refractivity contribution in [3.05, 3.63) is 0 Å². The Hall–Kier alpha value is -0.160. The van der Waals surface area contributed by atoms with E-state index in [-0.39, 0.29) is 6.61 Å². The van der Waals surface area contributed by atoms with Gasteiger partial charge in [0.15, 0.2) is 0 Å². The van der Waals surface area contributed by atoms with Crippen LogP contribution in [0.3, 0.4) is 0 Å². The third-order valence-corrected chi connectivity index (χ3v) is 3.17. The fraction of sp³-hybridized carbons (Fsp3) is 1.00. The Balaban J connectivity index is 2.70. The van der Waals surface area contributed by atoms with E-state index in [9.17, 15) is 12.8 Å². The van der Waals surface area contributed by atoms with Gasteiger partial charge < -0.3 is 0 Å². The second kappa shape index (κ2) is 2.84. The van der Waals surface area contributed by atoms with Crippen molar-refractivity contribution in [3.63, 3.8) is 0 Å². The fourth-order valence-corrected chi connectivity index (χ4v) is 2.03. The van der Waals surface area contributed by atoms with Crippen molar-refractivity contribution in [2.75, 3.05) is 13.3 Å². The molecule has 1 atom stereocenters. The third-order valence-electron chi connectivity index (χ3n) is 1.50. The Morgan fingerprint density at radius 3 is 2.70 bits per heavy atom. The molecule has 1 rings (SSSR count). The lowest BCUT2D eigenvalue weighted by Crippen LogP contribution is -2.30. The molecule has 0 aromatic heterocycles. The van der Waals surface area contributed by atoms with Gasteiger partial charge in [-0.15, -0.1) is 0 Å². The van der Waals surface area contributed by atoms with Gasteiger partial charge in [0.2, 0.25) is 0 Å². The molecule has 5 heteroatoms. The van der Waals surface area contributed by atoms with Crippen molar-refractivity contribution >= 4 is 10.1 Å². The molecule has 60 valence electrons. The Morgan fingerprint density at radius 2 is 2.30 bits per heavy atom. The van der Waals surface area contributed by atoms with E-state index < -0.39 is 22.0 Å². The topological polar surface area (TPSA) is 43.4 Å². The number of halogens is 1. The molecule has 1 fully saturated rings. The van der Waals surface area contributed by atoms with Gasteiger partial charge in [-0.3, -0.25) is 4.18 Å². The monoisotopic (exact) mass is 168 g/mol. The molecule has 1 aliphatic heterocycles. The molecule has 0 bridgehead atoms. The first-order valence-corrected chi connectivity index (χ1v) is 4.58. The Morgan fingerprint density at radius 1 is 1.60 bits per heavy atom. The SMILES string of the molecule is O=S1(=O)OCCCC1CF. The lowest BCUT2D eigenvalue weighted by molar-refractivity contribution is 0.263. The van der Waals surface area contributed by atoms with Crippen LogP contribution in [-0.4, -0.2) is 26.9 Å². The molecule has 0 aromatic carbocycles. The van der Waals surface area contributed by atoms with Gasteiger partial charge >= 0.3 is 0 Å². The maximum atomic E-state index is 11.9. The number of hydrogen-bond donors (Lipinski definition) is 0. The molecule has 1 aliphatic rings. The van der Waals surface area contributed by atoms with Crippen molar-refractivity contribution in [3.8, 4) is 0 Å². The Labute approximate surface area is 59.3 Å². The molecule has 0 aromatic rings. The summed E-state index contributed by atoms with van der Waals surface area (Å²) < 4.78 is 37.8. The predicted octanol–water partition coefficient (Wildman–Crippen LogP) is 0.465. The van der Waals surface area contributed by atoms with Crippen LogP contribution in [0, 0.1) is 0 Å². The number of hydrogen-bond acceptors (Lipinski definition) is 3. The van der Waals surface area contributed by atoms with Crippen molar-refractivity contribution in [1.29, 1.82) is 0 Å². The van der Waals surface area contributed by atoms with Crippen molar-refractivity contribution < 1.29 is 17.0 Å². The zero-order valence-electron chi connectivity index (χ0n) is 5.42. The first-order valence-electron chi connectivity index (χ1n) is 3.11. The van der Waals surface area contributed by atoms with E-state index in [1.165, 1.54) is 0 Å². The normalized spacial score (nSPS) is 31.9. The van der Waals surface area contributed by atoms with Gasteiger partial charge in [-0.2, -0.15) is 8.42 Å². The van der Waals surface area contributed by atoms with E-state index in [4.69, 9.17) is 0 Å². The third kappa shape index (κ3) is 1.46. The minimum Gasteiger partial charge on any atom is -0.270 e. The minimum absolute atomic E-state index is 0.207. The van der Waals surface area contributed by atoms with Crippen LogP contribution >= 0.6 is 0 Å². The highest BCUT2D eigenvalue weighted by atomic mass is 32.2. The van der Waals surface area contributed by atoms with Crippen LogP contribution < -0.4 is 0 Å². The van der Waals surface area contributed by atoms with E-state index in [0.717, 1.165) is 0 Å². The molecule has 3 nitrogen and oxygen atoms in total. The lowest BCUT2D eigenvalue weighted by atomic mass is 10.2. The van der Waals surface area contributed by atoms with Crippen LogP contribution in [0.15, 0.2) is 0 Å². The smallest absolute Gasteiger partial charge is 0.270 e. The summed E-state index contributed by atoms with van der Waals surface area (Å²) in [5.41, 5.74) is 0. The number of alkyl halides is 1. The summed E-state index contributed by atoms with van der Waals surface area (Å²) in [5.74, 6) is 0. The summed E-state index contributed by atoms with van der Waals surface area (Å²) in [7, 11) is -3.55. The van der Waals surface area contributed by atoms with Crippen LogP contribution in [0.4, 0.5) is 4.39 Å². The summed E-state index contributed by atoms with van der Waals surface area (Å²) in [6, 6.07) is 0. The molecule has 0 aliphatic carbocycles. The van der Waals surface area contributed by atoms with Crippen LogP contribution in [0.25, 0.3) is 0 Å². The molecular formula is C5H9FO3S. The fourth-order valence-electron chi connectivity index (χ4n) is 0.881. The summed E-state index contributed by atoms with van der Waals surface area (Å²) in [5, 5.41) is -0.916. The second-order valence-electron chi connectivity index (χ2n) is 2.23. The molecular weight excluding hydrogens is 159 g/mol. The first-order chi connectivity index (χ1) is 4.67. The van der Waals surface area contributed by atoms with Crippen LogP contribution in [0.5, 0.6) is 0 Å². The second-order valence-corrected chi connectivity index (χ2v) is 4.12. The Kier molecular flexibility index (Phi) is 2.25. The zero-order chi connectivity index (χ0) is 7.61. The van der Waals surface area contributed by atoms with Crippen molar-refractivity contribution in [1.82, 2.24) is 0 Å². The van der Waals surface area contributed by atoms with E-state index in [1.807, 2.05) is 0 Å². The average Bonchev–Trinajstić information content (AvgIpc) is 1.87. The van der Waals surface area contributed by atoms with Gasteiger partial charge in [0, 0.05) is 0 Å². The largest absolute Gasteiger partial charge is 0.272 e. The van der Waals surface area contributed by atoms with E-state index >= 15 is 0 Å². The highest BCUT2D eigenvalue weighted by molar-refractivity contribution is 7.87. The molecule has 0 spiro atoms. The summed E-state index contributed by atoms with van der Waals surface area (Å²) in [6.07, 6.45) is 1.02. The first kappa shape index (κ1) is 7.94. The van der Waals surface area contributed by atoms with E-state index in [0.29, 0.717) is 12.8 Å². The van der Waals surface area contributed by atoms with Crippen molar-refractivity contribution in [2.45, 2.75) is 18.1 Å². The quantitative estimate of drug-likeness (QED) is 0.534. The molecule has 0 N–H and O–H groups in total. The zero-order valence-corrected chi connectivity index (χ0v) is 6.23. The minimum atomic E-state index is -3.55. The van der Waals surface area contributed by atoms with Gasteiger partial charge in [-0.25, -0.2) is 4.39 Å². The van der Waals surface area contributed by atoms with Crippen LogP contribution in [-0.2, 0) is 14.3 Å². The van der Waals surface area contributed by atoms with E-state index in [2.05, 4.69) is 4.18 Å². The molecule has 0 saturated carbocycles. The lowest BCUT2D eigenvalue weighted by Gasteiger charge is -2.18. The molecule has 1 unspecified atom stereocenters. The molecule has 10 heavy (non-hydrogen) atoms. The highest BCUT2D eigenvalue weighted by Gasteiger charge is 2.29. The van der Waals surface area contributed by atoms with Gasteiger partial charge in [0.25, 0.3) is 10.1 Å². The van der Waals surface area contributed by atoms with Crippen LogP contribution in [0.2, 0.25) is 0 Å². The average molecular weight is 168 g/mol. The molecule has 0 amide bonds. The van der Waals surface area contributed by atoms with Gasteiger partial charge in [0.1, 0.15) is 11.9 Å².